The summed E-state index contributed by atoms with van der Waals surface area (Å²) in [6.45, 7) is 0. The first-order chi connectivity index (χ1) is 12.0. The molecule has 0 radical (unpaired) electrons. The van der Waals surface area contributed by atoms with Crippen molar-refractivity contribution >= 4 is 31.5 Å². The Bertz CT molecular complexity index is 1040. The largest absolute Gasteiger partial charge is 0.366 e. The van der Waals surface area contributed by atoms with Crippen LogP contribution in [0, 0.1) is 0 Å². The normalized spacial score (nSPS) is 12.2. The van der Waals surface area contributed by atoms with Crippen LogP contribution in [0.1, 0.15) is 10.4 Å². The highest BCUT2D eigenvalue weighted by molar-refractivity contribution is 7.93. The number of nitrogens with zero attached hydrogens (tertiary/aromatic N) is 1. The average molecular weight is 404 g/mol. The van der Waals surface area contributed by atoms with E-state index in [1.807, 2.05) is 0 Å². The van der Waals surface area contributed by atoms with Gasteiger partial charge in [0.1, 0.15) is 0 Å². The lowest BCUT2D eigenvalue weighted by atomic mass is 10.2. The number of benzene rings is 2. The van der Waals surface area contributed by atoms with Crippen LogP contribution in [0.15, 0.2) is 58.3 Å². The number of halogens is 2. The van der Waals surface area contributed by atoms with Crippen LogP contribution < -0.4 is 10.0 Å². The quantitative estimate of drug-likeness (QED) is 0.785. The Balaban J connectivity index is 2.47. The standard InChI is InChI=1S/C15H14F2N2O5S2/c1-19(13-5-3-2-4-12(13)14(18)20)26(23,24)11-8-6-10(7-9-11)25(21,22)15(16)17/h2-9,15H,1H3,(H2,18,20). The van der Waals surface area contributed by atoms with Gasteiger partial charge in [0.25, 0.3) is 15.9 Å². The van der Waals surface area contributed by atoms with Crippen molar-refractivity contribution in [3.8, 4) is 0 Å². The molecule has 0 spiro atoms. The van der Waals surface area contributed by atoms with Crippen molar-refractivity contribution in [2.24, 2.45) is 5.73 Å². The fourth-order valence-electron chi connectivity index (χ4n) is 2.15. The second-order valence-corrected chi connectivity index (χ2v) is 9.02. The Hall–Kier alpha value is -2.53. The Morgan fingerprint density at radius 3 is 1.96 bits per heavy atom. The highest BCUT2D eigenvalue weighted by atomic mass is 32.2. The third kappa shape index (κ3) is 3.53. The van der Waals surface area contributed by atoms with Crippen LogP contribution in [0.25, 0.3) is 0 Å². The van der Waals surface area contributed by atoms with Crippen molar-refractivity contribution in [1.82, 2.24) is 0 Å². The molecule has 1 amide bonds. The van der Waals surface area contributed by atoms with Crippen LogP contribution in [-0.4, -0.2) is 35.5 Å². The van der Waals surface area contributed by atoms with E-state index >= 15 is 0 Å². The van der Waals surface area contributed by atoms with Gasteiger partial charge in [-0.15, -0.1) is 0 Å². The van der Waals surface area contributed by atoms with Crippen LogP contribution >= 0.6 is 0 Å². The van der Waals surface area contributed by atoms with Crippen molar-refractivity contribution in [2.45, 2.75) is 15.5 Å². The number of rotatable bonds is 6. The number of hydrogen-bond acceptors (Lipinski definition) is 5. The molecular weight excluding hydrogens is 390 g/mol. The Kier molecular flexibility index (Phi) is 5.33. The van der Waals surface area contributed by atoms with Gasteiger partial charge in [0.05, 0.1) is 21.0 Å². The molecule has 0 heterocycles. The molecule has 0 aliphatic rings. The Morgan fingerprint density at radius 1 is 0.962 bits per heavy atom. The molecule has 2 rings (SSSR count). The Morgan fingerprint density at radius 2 is 1.46 bits per heavy atom. The lowest BCUT2D eigenvalue weighted by Crippen LogP contribution is -2.29. The van der Waals surface area contributed by atoms with Gasteiger partial charge in [-0.05, 0) is 36.4 Å². The fourth-order valence-corrected chi connectivity index (χ4v) is 4.08. The lowest BCUT2D eigenvalue weighted by Gasteiger charge is -2.21. The lowest BCUT2D eigenvalue weighted by molar-refractivity contribution is 0.100. The van der Waals surface area contributed by atoms with Gasteiger partial charge < -0.3 is 5.73 Å². The molecule has 0 saturated carbocycles. The summed E-state index contributed by atoms with van der Waals surface area (Å²) >= 11 is 0. The number of primary amides is 1. The highest BCUT2D eigenvalue weighted by Gasteiger charge is 2.28. The second-order valence-electron chi connectivity index (χ2n) is 5.13. The number of amides is 1. The van der Waals surface area contributed by atoms with Gasteiger partial charge >= 0.3 is 5.76 Å². The van der Waals surface area contributed by atoms with Crippen LogP contribution in [0.2, 0.25) is 0 Å². The summed E-state index contributed by atoms with van der Waals surface area (Å²) in [5, 5.41) is 0. The predicted molar refractivity (Wildman–Crippen MR) is 90.2 cm³/mol. The summed E-state index contributed by atoms with van der Waals surface area (Å²) in [6, 6.07) is 9.09. The van der Waals surface area contributed by atoms with Crippen LogP contribution in [0.4, 0.5) is 14.5 Å². The van der Waals surface area contributed by atoms with E-state index in [0.717, 1.165) is 28.6 Å². The third-order valence-electron chi connectivity index (χ3n) is 3.55. The minimum absolute atomic E-state index is 0.0179. The number of alkyl halides is 2. The molecule has 2 aromatic rings. The SMILES string of the molecule is CN(c1ccccc1C(N)=O)S(=O)(=O)c1ccc(S(=O)(=O)C(F)F)cc1. The number of sulfone groups is 1. The molecule has 26 heavy (non-hydrogen) atoms. The predicted octanol–water partition coefficient (Wildman–Crippen LogP) is 1.61. The summed E-state index contributed by atoms with van der Waals surface area (Å²) in [4.78, 5) is 10.4. The molecule has 0 fully saturated rings. The molecule has 0 saturated heterocycles. The van der Waals surface area contributed by atoms with Gasteiger partial charge in [-0.3, -0.25) is 9.10 Å². The second kappa shape index (κ2) is 7.00. The maximum atomic E-state index is 12.7. The van der Waals surface area contributed by atoms with Crippen LogP contribution in [-0.2, 0) is 19.9 Å². The number of sulfonamides is 1. The zero-order chi connectivity index (χ0) is 19.7. The van der Waals surface area contributed by atoms with Gasteiger partial charge in [-0.2, -0.15) is 8.78 Å². The molecule has 11 heteroatoms. The maximum Gasteiger partial charge on any atom is 0.341 e. The van der Waals surface area contributed by atoms with Crippen molar-refractivity contribution in [3.63, 3.8) is 0 Å². The molecule has 7 nitrogen and oxygen atoms in total. The van der Waals surface area contributed by atoms with Gasteiger partial charge in [0.2, 0.25) is 9.84 Å². The van der Waals surface area contributed by atoms with Gasteiger partial charge in [-0.25, -0.2) is 16.8 Å². The first-order valence-electron chi connectivity index (χ1n) is 6.99. The van der Waals surface area contributed by atoms with E-state index < -0.39 is 36.4 Å². The average Bonchev–Trinajstić information content (AvgIpc) is 2.60. The first kappa shape index (κ1) is 19.8. The summed E-state index contributed by atoms with van der Waals surface area (Å²) in [7, 11) is -7.84. The van der Waals surface area contributed by atoms with Crippen molar-refractivity contribution in [1.29, 1.82) is 0 Å². The molecule has 0 unspecified atom stereocenters. The van der Waals surface area contributed by atoms with E-state index in [4.69, 9.17) is 5.73 Å². The van der Waals surface area contributed by atoms with Crippen molar-refractivity contribution in [3.05, 3.63) is 54.1 Å². The molecule has 140 valence electrons. The van der Waals surface area contributed by atoms with Gasteiger partial charge in [0.15, 0.2) is 0 Å². The molecule has 2 aromatic carbocycles. The van der Waals surface area contributed by atoms with Crippen molar-refractivity contribution < 1.29 is 30.4 Å². The summed E-state index contributed by atoms with van der Waals surface area (Å²) in [6.07, 6.45) is 0. The van der Waals surface area contributed by atoms with Crippen molar-refractivity contribution in [2.75, 3.05) is 11.4 Å². The van der Waals surface area contributed by atoms with E-state index in [0.29, 0.717) is 0 Å². The topological polar surface area (TPSA) is 115 Å². The Labute approximate surface area is 149 Å². The minimum Gasteiger partial charge on any atom is -0.366 e. The zero-order valence-corrected chi connectivity index (χ0v) is 15.0. The maximum absolute atomic E-state index is 12.7. The minimum atomic E-state index is -4.83. The van der Waals surface area contributed by atoms with Crippen LogP contribution in [0.3, 0.4) is 0 Å². The molecule has 2 N–H and O–H groups in total. The van der Waals surface area contributed by atoms with Crippen LogP contribution in [0.5, 0.6) is 0 Å². The summed E-state index contributed by atoms with van der Waals surface area (Å²) in [5.41, 5.74) is 5.22. The van der Waals surface area contributed by atoms with E-state index in [-0.39, 0.29) is 16.1 Å². The molecule has 0 aliphatic heterocycles. The van der Waals surface area contributed by atoms with E-state index in [9.17, 15) is 30.4 Å². The monoisotopic (exact) mass is 404 g/mol. The molecule has 0 atom stereocenters. The zero-order valence-electron chi connectivity index (χ0n) is 13.3. The number of anilines is 1. The molecular formula is C15H14F2N2O5S2. The molecule has 0 aromatic heterocycles. The summed E-state index contributed by atoms with van der Waals surface area (Å²) in [5.74, 6) is -4.45. The van der Waals surface area contributed by atoms with E-state index in [2.05, 4.69) is 0 Å². The number of carbonyl (C=O) groups excluding carboxylic acids is 1. The fraction of sp³-hybridized carbons (Fsp3) is 0.133. The number of hydrogen-bond donors (Lipinski definition) is 1. The van der Waals surface area contributed by atoms with Gasteiger partial charge in [0, 0.05) is 7.05 Å². The number of carbonyl (C=O) groups is 1. The highest BCUT2D eigenvalue weighted by Crippen LogP contribution is 2.27. The van der Waals surface area contributed by atoms with E-state index in [1.165, 1.54) is 31.3 Å². The smallest absolute Gasteiger partial charge is 0.341 e. The molecule has 0 bridgehead atoms. The third-order valence-corrected chi connectivity index (χ3v) is 6.74. The summed E-state index contributed by atoms with van der Waals surface area (Å²) < 4.78 is 74.1. The number of nitrogens with two attached hydrogens (primary N) is 1. The van der Waals surface area contributed by atoms with Gasteiger partial charge in [-0.1, -0.05) is 12.1 Å². The van der Waals surface area contributed by atoms with E-state index in [1.54, 1.807) is 0 Å². The molecule has 0 aliphatic carbocycles. The first-order valence-corrected chi connectivity index (χ1v) is 9.98. The number of para-hydroxylation sites is 1.